The van der Waals surface area contributed by atoms with Crippen molar-refractivity contribution in [3.63, 3.8) is 0 Å². The van der Waals surface area contributed by atoms with Gasteiger partial charge >= 0.3 is 0 Å². The van der Waals surface area contributed by atoms with Crippen molar-refractivity contribution >= 4 is 22.6 Å². The lowest BCUT2D eigenvalue weighted by atomic mass is 10.2. The van der Waals surface area contributed by atoms with Crippen LogP contribution in [-0.2, 0) is 11.3 Å². The molecule has 0 bridgehead atoms. The Balaban J connectivity index is 1.38. The predicted octanol–water partition coefficient (Wildman–Crippen LogP) is 2.53. The first kappa shape index (κ1) is 16.5. The molecule has 1 heterocycles. The molecule has 0 saturated heterocycles. The summed E-state index contributed by atoms with van der Waals surface area (Å²) in [4.78, 5) is 16.2. The number of carbonyl (C=O) groups is 1. The summed E-state index contributed by atoms with van der Waals surface area (Å²) in [7, 11) is 0. The molecule has 0 aliphatic rings. The van der Waals surface area contributed by atoms with Crippen LogP contribution in [0, 0.1) is 11.3 Å². The van der Waals surface area contributed by atoms with Crippen LogP contribution in [0.5, 0.6) is 0 Å². The lowest BCUT2D eigenvalue weighted by molar-refractivity contribution is -0.119. The van der Waals surface area contributed by atoms with Gasteiger partial charge in [0.05, 0.1) is 35.5 Å². The van der Waals surface area contributed by atoms with Gasteiger partial charge in [-0.15, -0.1) is 0 Å². The van der Waals surface area contributed by atoms with Crippen molar-refractivity contribution in [3.8, 4) is 6.07 Å². The third-order valence-corrected chi connectivity index (χ3v) is 3.89. The topological polar surface area (TPSA) is 82.7 Å². The van der Waals surface area contributed by atoms with Crippen LogP contribution in [0.1, 0.15) is 12.0 Å². The fourth-order valence-electron chi connectivity index (χ4n) is 2.57. The second kappa shape index (κ2) is 7.97. The molecule has 0 aliphatic heterocycles. The number of benzene rings is 2. The molecule has 3 aromatic rings. The SMILES string of the molecule is N#Cc1ccc(NCC(=O)NCCCn2cnc3ccccc32)cc1. The van der Waals surface area contributed by atoms with Crippen molar-refractivity contribution in [1.29, 1.82) is 5.26 Å². The largest absolute Gasteiger partial charge is 0.376 e. The van der Waals surface area contributed by atoms with E-state index in [-0.39, 0.29) is 12.5 Å². The molecule has 0 aliphatic carbocycles. The molecular weight excluding hydrogens is 314 g/mol. The van der Waals surface area contributed by atoms with Gasteiger partial charge in [0.1, 0.15) is 0 Å². The first-order valence-corrected chi connectivity index (χ1v) is 8.17. The molecule has 0 saturated carbocycles. The van der Waals surface area contributed by atoms with Crippen molar-refractivity contribution in [2.24, 2.45) is 0 Å². The smallest absolute Gasteiger partial charge is 0.239 e. The summed E-state index contributed by atoms with van der Waals surface area (Å²) < 4.78 is 2.09. The summed E-state index contributed by atoms with van der Waals surface area (Å²) in [6.07, 6.45) is 2.67. The molecule has 126 valence electrons. The molecule has 2 aromatic carbocycles. The maximum Gasteiger partial charge on any atom is 0.239 e. The summed E-state index contributed by atoms with van der Waals surface area (Å²) in [5.41, 5.74) is 3.51. The molecule has 0 atom stereocenters. The van der Waals surface area contributed by atoms with E-state index in [4.69, 9.17) is 5.26 Å². The molecule has 0 fully saturated rings. The van der Waals surface area contributed by atoms with E-state index in [2.05, 4.69) is 26.3 Å². The number of nitrogens with one attached hydrogen (secondary N) is 2. The maximum absolute atomic E-state index is 11.9. The number of para-hydroxylation sites is 2. The third kappa shape index (κ3) is 4.36. The van der Waals surface area contributed by atoms with Crippen LogP contribution < -0.4 is 10.6 Å². The number of imidazole rings is 1. The highest BCUT2D eigenvalue weighted by atomic mass is 16.1. The molecule has 0 unspecified atom stereocenters. The van der Waals surface area contributed by atoms with Gasteiger partial charge in [-0.1, -0.05) is 12.1 Å². The molecule has 2 N–H and O–H groups in total. The number of aryl methyl sites for hydroxylation is 1. The Bertz CT molecular complexity index is 892. The molecule has 1 amide bonds. The minimum absolute atomic E-state index is 0.0557. The molecule has 0 spiro atoms. The van der Waals surface area contributed by atoms with Gasteiger partial charge in [0.2, 0.25) is 5.91 Å². The summed E-state index contributed by atoms with van der Waals surface area (Å²) in [6, 6.07) is 17.1. The Morgan fingerprint density at radius 1 is 1.16 bits per heavy atom. The standard InChI is InChI=1S/C19H19N5O/c20-12-15-6-8-16(9-7-15)22-13-19(25)21-10-3-11-24-14-23-17-4-1-2-5-18(17)24/h1-2,4-9,14,22H,3,10-11,13H2,(H,21,25). The number of rotatable bonds is 7. The van der Waals surface area contributed by atoms with E-state index in [0.717, 1.165) is 29.7 Å². The molecule has 1 aromatic heterocycles. The fourth-order valence-corrected chi connectivity index (χ4v) is 2.57. The van der Waals surface area contributed by atoms with Gasteiger partial charge < -0.3 is 15.2 Å². The number of nitrogens with zero attached hydrogens (tertiary/aromatic N) is 3. The molecule has 6 heteroatoms. The lowest BCUT2D eigenvalue weighted by Crippen LogP contribution is -2.31. The van der Waals surface area contributed by atoms with Crippen molar-refractivity contribution in [1.82, 2.24) is 14.9 Å². The Hall–Kier alpha value is -3.33. The number of fused-ring (bicyclic) bond motifs is 1. The fraction of sp³-hybridized carbons (Fsp3) is 0.211. The molecule has 0 radical (unpaired) electrons. The zero-order valence-electron chi connectivity index (χ0n) is 13.8. The Morgan fingerprint density at radius 2 is 1.96 bits per heavy atom. The molecule has 25 heavy (non-hydrogen) atoms. The second-order valence-electron chi connectivity index (χ2n) is 5.67. The summed E-state index contributed by atoms with van der Waals surface area (Å²) >= 11 is 0. The number of carbonyl (C=O) groups excluding carboxylic acids is 1. The quantitative estimate of drug-likeness (QED) is 0.651. The van der Waals surface area contributed by atoms with E-state index in [1.165, 1.54) is 0 Å². The van der Waals surface area contributed by atoms with Gasteiger partial charge in [0.25, 0.3) is 0 Å². The Labute approximate surface area is 146 Å². The van der Waals surface area contributed by atoms with Gasteiger partial charge in [-0.05, 0) is 42.8 Å². The van der Waals surface area contributed by atoms with Gasteiger partial charge in [-0.3, -0.25) is 4.79 Å². The zero-order valence-corrected chi connectivity index (χ0v) is 13.8. The lowest BCUT2D eigenvalue weighted by Gasteiger charge is -2.08. The summed E-state index contributed by atoms with van der Waals surface area (Å²) in [5, 5.41) is 14.7. The van der Waals surface area contributed by atoms with E-state index in [9.17, 15) is 4.79 Å². The maximum atomic E-state index is 11.9. The van der Waals surface area contributed by atoms with Gasteiger partial charge in [0, 0.05) is 18.8 Å². The highest BCUT2D eigenvalue weighted by Gasteiger charge is 2.03. The van der Waals surface area contributed by atoms with Crippen LogP contribution in [-0.4, -0.2) is 28.5 Å². The monoisotopic (exact) mass is 333 g/mol. The molecule has 6 nitrogen and oxygen atoms in total. The number of aromatic nitrogens is 2. The van der Waals surface area contributed by atoms with Crippen molar-refractivity contribution < 1.29 is 4.79 Å². The van der Waals surface area contributed by atoms with Gasteiger partial charge in [-0.2, -0.15) is 5.26 Å². The minimum Gasteiger partial charge on any atom is -0.376 e. The second-order valence-corrected chi connectivity index (χ2v) is 5.67. The van der Waals surface area contributed by atoms with Crippen molar-refractivity contribution in [2.45, 2.75) is 13.0 Å². The average molecular weight is 333 g/mol. The Morgan fingerprint density at radius 3 is 2.76 bits per heavy atom. The van der Waals surface area contributed by atoms with Crippen LogP contribution >= 0.6 is 0 Å². The molecule has 3 rings (SSSR count). The van der Waals surface area contributed by atoms with E-state index < -0.39 is 0 Å². The van der Waals surface area contributed by atoms with E-state index in [1.807, 2.05) is 30.6 Å². The normalized spacial score (nSPS) is 10.4. The average Bonchev–Trinajstić information content (AvgIpc) is 3.07. The Kier molecular flexibility index (Phi) is 5.27. The van der Waals surface area contributed by atoms with Crippen LogP contribution in [0.4, 0.5) is 5.69 Å². The number of amides is 1. The van der Waals surface area contributed by atoms with Gasteiger partial charge in [-0.25, -0.2) is 4.98 Å². The van der Waals surface area contributed by atoms with Crippen LogP contribution in [0.25, 0.3) is 11.0 Å². The van der Waals surface area contributed by atoms with Crippen molar-refractivity contribution in [2.75, 3.05) is 18.4 Å². The van der Waals surface area contributed by atoms with Crippen LogP contribution in [0.2, 0.25) is 0 Å². The van der Waals surface area contributed by atoms with Crippen LogP contribution in [0.3, 0.4) is 0 Å². The number of hydrogen-bond donors (Lipinski definition) is 2. The highest BCUT2D eigenvalue weighted by Crippen LogP contribution is 2.12. The van der Waals surface area contributed by atoms with E-state index in [1.54, 1.807) is 24.3 Å². The zero-order chi connectivity index (χ0) is 17.5. The highest BCUT2D eigenvalue weighted by molar-refractivity contribution is 5.80. The number of nitriles is 1. The summed E-state index contributed by atoms with van der Waals surface area (Å²) in [6.45, 7) is 1.63. The van der Waals surface area contributed by atoms with E-state index >= 15 is 0 Å². The van der Waals surface area contributed by atoms with Crippen LogP contribution in [0.15, 0.2) is 54.9 Å². The predicted molar refractivity (Wildman–Crippen MR) is 97.0 cm³/mol. The first-order chi connectivity index (χ1) is 12.3. The van der Waals surface area contributed by atoms with Gasteiger partial charge in [0.15, 0.2) is 0 Å². The first-order valence-electron chi connectivity index (χ1n) is 8.17. The van der Waals surface area contributed by atoms with Crippen molar-refractivity contribution in [3.05, 3.63) is 60.4 Å². The minimum atomic E-state index is -0.0557. The molecular formula is C19H19N5O. The number of anilines is 1. The van der Waals surface area contributed by atoms with E-state index in [0.29, 0.717) is 12.1 Å². The number of hydrogen-bond acceptors (Lipinski definition) is 4. The summed E-state index contributed by atoms with van der Waals surface area (Å²) in [5.74, 6) is -0.0557. The third-order valence-electron chi connectivity index (χ3n) is 3.89.